The summed E-state index contributed by atoms with van der Waals surface area (Å²) in [6.07, 6.45) is 11.9. The standard InChI is InChI=1S/C18H28O/c1-11-2-5-16-14(11)8-9-17-15-7-4-13(19)10-12(15)3-6-18(16)17/h11-12,14-18H,2-10H2,1H3. The van der Waals surface area contributed by atoms with Crippen molar-refractivity contribution in [1.82, 2.24) is 0 Å². The van der Waals surface area contributed by atoms with E-state index < -0.39 is 0 Å². The van der Waals surface area contributed by atoms with Crippen molar-refractivity contribution in [1.29, 1.82) is 0 Å². The van der Waals surface area contributed by atoms with Crippen LogP contribution in [0.5, 0.6) is 0 Å². The summed E-state index contributed by atoms with van der Waals surface area (Å²) < 4.78 is 0. The molecule has 0 radical (unpaired) electrons. The highest BCUT2D eigenvalue weighted by Gasteiger charge is 2.50. The molecule has 0 spiro atoms. The van der Waals surface area contributed by atoms with Gasteiger partial charge in [0, 0.05) is 12.8 Å². The van der Waals surface area contributed by atoms with Crippen LogP contribution in [-0.2, 0) is 4.79 Å². The van der Waals surface area contributed by atoms with Gasteiger partial charge in [0.05, 0.1) is 0 Å². The van der Waals surface area contributed by atoms with E-state index in [0.717, 1.165) is 54.3 Å². The summed E-state index contributed by atoms with van der Waals surface area (Å²) in [7, 11) is 0. The maximum absolute atomic E-state index is 11.7. The van der Waals surface area contributed by atoms with Gasteiger partial charge in [0.1, 0.15) is 5.78 Å². The van der Waals surface area contributed by atoms with E-state index in [2.05, 4.69) is 6.92 Å². The summed E-state index contributed by atoms with van der Waals surface area (Å²) in [5, 5.41) is 0. The van der Waals surface area contributed by atoms with E-state index in [4.69, 9.17) is 0 Å². The van der Waals surface area contributed by atoms with Gasteiger partial charge in [-0.25, -0.2) is 0 Å². The number of rotatable bonds is 0. The Balaban J connectivity index is 1.54. The molecule has 7 unspecified atom stereocenters. The van der Waals surface area contributed by atoms with Crippen LogP contribution in [0.15, 0.2) is 0 Å². The fourth-order valence-corrected chi connectivity index (χ4v) is 6.61. The van der Waals surface area contributed by atoms with Crippen molar-refractivity contribution in [3.63, 3.8) is 0 Å². The number of hydrogen-bond donors (Lipinski definition) is 0. The maximum atomic E-state index is 11.7. The lowest BCUT2D eigenvalue weighted by molar-refractivity contribution is -0.126. The second kappa shape index (κ2) is 4.60. The van der Waals surface area contributed by atoms with E-state index in [-0.39, 0.29) is 0 Å². The highest BCUT2D eigenvalue weighted by Crippen LogP contribution is 2.58. The van der Waals surface area contributed by atoms with E-state index in [1.807, 2.05) is 0 Å². The Morgan fingerprint density at radius 2 is 1.37 bits per heavy atom. The van der Waals surface area contributed by atoms with Gasteiger partial charge >= 0.3 is 0 Å². The molecule has 4 aliphatic rings. The molecular weight excluding hydrogens is 232 g/mol. The predicted molar refractivity (Wildman–Crippen MR) is 76.7 cm³/mol. The molecule has 4 saturated carbocycles. The molecule has 0 saturated heterocycles. The number of carbonyl (C=O) groups excluding carboxylic acids is 1. The van der Waals surface area contributed by atoms with Crippen LogP contribution in [0.1, 0.15) is 64.7 Å². The zero-order chi connectivity index (χ0) is 13.0. The van der Waals surface area contributed by atoms with Crippen LogP contribution < -0.4 is 0 Å². The van der Waals surface area contributed by atoms with Gasteiger partial charge in [-0.05, 0) is 80.0 Å². The van der Waals surface area contributed by atoms with E-state index in [1.165, 1.54) is 44.9 Å². The monoisotopic (exact) mass is 260 g/mol. The molecule has 0 bridgehead atoms. The molecule has 0 N–H and O–H groups in total. The Labute approximate surface area is 117 Å². The van der Waals surface area contributed by atoms with Crippen LogP contribution in [0.2, 0.25) is 0 Å². The van der Waals surface area contributed by atoms with E-state index >= 15 is 0 Å². The number of carbonyl (C=O) groups is 1. The van der Waals surface area contributed by atoms with Gasteiger partial charge in [0.2, 0.25) is 0 Å². The van der Waals surface area contributed by atoms with Gasteiger partial charge in [-0.2, -0.15) is 0 Å². The number of hydrogen-bond acceptors (Lipinski definition) is 1. The Hall–Kier alpha value is -0.330. The predicted octanol–water partition coefficient (Wildman–Crippen LogP) is 4.45. The maximum Gasteiger partial charge on any atom is 0.133 e. The first-order chi connectivity index (χ1) is 9.24. The third-order valence-electron chi connectivity index (χ3n) is 7.44. The van der Waals surface area contributed by atoms with Crippen molar-refractivity contribution in [3.8, 4) is 0 Å². The smallest absolute Gasteiger partial charge is 0.133 e. The molecular formula is C18H28O. The van der Waals surface area contributed by atoms with Crippen LogP contribution >= 0.6 is 0 Å². The molecule has 4 aliphatic carbocycles. The molecule has 106 valence electrons. The first kappa shape index (κ1) is 12.4. The fourth-order valence-electron chi connectivity index (χ4n) is 6.61. The Morgan fingerprint density at radius 1 is 0.737 bits per heavy atom. The first-order valence-electron chi connectivity index (χ1n) is 8.75. The Morgan fingerprint density at radius 3 is 2.26 bits per heavy atom. The second-order valence-corrected chi connectivity index (χ2v) is 8.07. The molecule has 4 rings (SSSR count). The molecule has 4 fully saturated rings. The van der Waals surface area contributed by atoms with Gasteiger partial charge in [0.25, 0.3) is 0 Å². The first-order valence-corrected chi connectivity index (χ1v) is 8.75. The topological polar surface area (TPSA) is 17.1 Å². The molecule has 0 amide bonds. The number of ketones is 1. The average Bonchev–Trinajstić information content (AvgIpc) is 2.80. The molecule has 1 nitrogen and oxygen atoms in total. The summed E-state index contributed by atoms with van der Waals surface area (Å²) in [5.41, 5.74) is 0. The lowest BCUT2D eigenvalue weighted by Gasteiger charge is -2.52. The summed E-state index contributed by atoms with van der Waals surface area (Å²) in [4.78, 5) is 11.7. The third kappa shape index (κ3) is 1.91. The quantitative estimate of drug-likeness (QED) is 0.628. The van der Waals surface area contributed by atoms with Crippen molar-refractivity contribution in [2.75, 3.05) is 0 Å². The molecule has 0 heterocycles. The van der Waals surface area contributed by atoms with Crippen LogP contribution in [0.25, 0.3) is 0 Å². The van der Waals surface area contributed by atoms with Crippen molar-refractivity contribution < 1.29 is 4.79 Å². The zero-order valence-electron chi connectivity index (χ0n) is 12.3. The van der Waals surface area contributed by atoms with Crippen molar-refractivity contribution in [2.45, 2.75) is 64.7 Å². The largest absolute Gasteiger partial charge is 0.300 e. The summed E-state index contributed by atoms with van der Waals surface area (Å²) >= 11 is 0. The van der Waals surface area contributed by atoms with Gasteiger partial charge in [0.15, 0.2) is 0 Å². The van der Waals surface area contributed by atoms with Crippen molar-refractivity contribution >= 4 is 5.78 Å². The molecule has 7 atom stereocenters. The van der Waals surface area contributed by atoms with E-state index in [1.54, 1.807) is 0 Å². The van der Waals surface area contributed by atoms with Gasteiger partial charge < -0.3 is 0 Å². The van der Waals surface area contributed by atoms with Gasteiger partial charge in [-0.1, -0.05) is 13.3 Å². The normalized spacial score (nSPS) is 53.3. The number of Topliss-reactive ketones (excluding diaryl/α,β-unsaturated/α-hetero) is 1. The van der Waals surface area contributed by atoms with Crippen molar-refractivity contribution in [2.24, 2.45) is 41.4 Å². The minimum atomic E-state index is 0.558. The molecule has 0 aliphatic heterocycles. The SMILES string of the molecule is CC1CCC2C1CCC1C3CCC(=O)CC3CCC21. The minimum Gasteiger partial charge on any atom is -0.300 e. The summed E-state index contributed by atoms with van der Waals surface area (Å²) in [6, 6.07) is 0. The third-order valence-corrected chi connectivity index (χ3v) is 7.44. The fraction of sp³-hybridized carbons (Fsp3) is 0.944. The lowest BCUT2D eigenvalue weighted by atomic mass is 9.53. The Bertz CT molecular complexity index is 374. The molecule has 19 heavy (non-hydrogen) atoms. The summed E-state index contributed by atoms with van der Waals surface area (Å²) in [5.74, 6) is 7.41. The van der Waals surface area contributed by atoms with Gasteiger partial charge in [-0.3, -0.25) is 4.79 Å². The molecule has 0 aromatic rings. The van der Waals surface area contributed by atoms with Crippen LogP contribution in [-0.4, -0.2) is 5.78 Å². The van der Waals surface area contributed by atoms with E-state index in [0.29, 0.717) is 5.78 Å². The molecule has 0 aromatic carbocycles. The van der Waals surface area contributed by atoms with E-state index in [9.17, 15) is 4.79 Å². The average molecular weight is 260 g/mol. The highest BCUT2D eigenvalue weighted by molar-refractivity contribution is 5.79. The molecule has 0 aromatic heterocycles. The highest BCUT2D eigenvalue weighted by atomic mass is 16.1. The van der Waals surface area contributed by atoms with Crippen LogP contribution in [0.3, 0.4) is 0 Å². The van der Waals surface area contributed by atoms with Crippen molar-refractivity contribution in [3.05, 3.63) is 0 Å². The Kier molecular flexibility index (Phi) is 3.01. The van der Waals surface area contributed by atoms with Gasteiger partial charge in [-0.15, -0.1) is 0 Å². The lowest BCUT2D eigenvalue weighted by Crippen LogP contribution is -2.45. The van der Waals surface area contributed by atoms with Crippen LogP contribution in [0.4, 0.5) is 0 Å². The second-order valence-electron chi connectivity index (χ2n) is 8.07. The zero-order valence-corrected chi connectivity index (χ0v) is 12.3. The minimum absolute atomic E-state index is 0.558. The number of fused-ring (bicyclic) bond motifs is 5. The van der Waals surface area contributed by atoms with Crippen LogP contribution in [0, 0.1) is 41.4 Å². The summed E-state index contributed by atoms with van der Waals surface area (Å²) in [6.45, 7) is 2.50. The molecule has 1 heteroatoms.